The Morgan fingerprint density at radius 3 is 1.63 bits per heavy atom. The van der Waals surface area contributed by atoms with Gasteiger partial charge in [0.05, 0.1) is 0 Å². The average Bonchev–Trinajstić information content (AvgIpc) is 2.25. The maximum Gasteiger partial charge on any atom is 0.0192 e. The Morgan fingerprint density at radius 1 is 0.737 bits per heavy atom. The van der Waals surface area contributed by atoms with Crippen LogP contribution in [-0.2, 0) is 0 Å². The predicted molar refractivity (Wildman–Crippen MR) is 97.2 cm³/mol. The lowest BCUT2D eigenvalue weighted by Gasteiger charge is -2.05. The van der Waals surface area contributed by atoms with Gasteiger partial charge in [-0.3, -0.25) is 0 Å². The van der Waals surface area contributed by atoms with Gasteiger partial charge in [-0.25, -0.2) is 0 Å². The Kier molecular flexibility index (Phi) is 5.46. The number of allylic oxidation sites excluding steroid dienone is 1. The van der Waals surface area contributed by atoms with Crippen LogP contribution in [0.3, 0.4) is 0 Å². The molecule has 4 heteroatoms. The number of hydrogen-bond donors (Lipinski definition) is 0. The molecule has 98 valence electrons. The van der Waals surface area contributed by atoms with E-state index in [1.807, 2.05) is 12.1 Å². The fraction of sp³-hybridized carbons (Fsp3) is 0.0667. The van der Waals surface area contributed by atoms with Crippen molar-refractivity contribution in [2.24, 2.45) is 0 Å². The van der Waals surface area contributed by atoms with Crippen LogP contribution in [0.25, 0.3) is 11.6 Å². The van der Waals surface area contributed by atoms with Gasteiger partial charge in [0, 0.05) is 17.9 Å². The molecular weight excluding hydrogens is 500 g/mol. The molecule has 0 nitrogen and oxygen atoms in total. The first-order chi connectivity index (χ1) is 8.94. The Morgan fingerprint density at radius 2 is 1.16 bits per heavy atom. The summed E-state index contributed by atoms with van der Waals surface area (Å²) in [5, 5.41) is 0. The molecule has 0 aliphatic rings. The molecule has 0 fully saturated rings. The normalized spacial score (nSPS) is 11.7. The zero-order valence-corrected chi connectivity index (χ0v) is 16.4. The summed E-state index contributed by atoms with van der Waals surface area (Å²) >= 11 is 14.1. The summed E-state index contributed by atoms with van der Waals surface area (Å²) in [6, 6.07) is 12.5. The van der Waals surface area contributed by atoms with Gasteiger partial charge in [0.2, 0.25) is 0 Å². The van der Waals surface area contributed by atoms with Crippen molar-refractivity contribution in [3.05, 3.63) is 65.4 Å². The van der Waals surface area contributed by atoms with E-state index in [9.17, 15) is 0 Å². The standard InChI is InChI=1S/C15H10Br4/c1-9(11-5-14(18)8-15(19)6-11)2-10-3-12(16)7-13(17)4-10/h2-8H,1H3. The van der Waals surface area contributed by atoms with Crippen LogP contribution in [0.2, 0.25) is 0 Å². The Balaban J connectivity index is 2.42. The summed E-state index contributed by atoms with van der Waals surface area (Å²) in [4.78, 5) is 0. The Labute approximate surface area is 146 Å². The summed E-state index contributed by atoms with van der Waals surface area (Å²) in [5.74, 6) is 0. The summed E-state index contributed by atoms with van der Waals surface area (Å²) in [6.45, 7) is 2.11. The second-order valence-corrected chi connectivity index (χ2v) is 7.85. The Bertz CT molecular complexity index is 604. The maximum atomic E-state index is 3.52. The molecule has 0 heterocycles. The van der Waals surface area contributed by atoms with Crippen LogP contribution >= 0.6 is 63.7 Å². The zero-order chi connectivity index (χ0) is 14.0. The molecule has 0 unspecified atom stereocenters. The van der Waals surface area contributed by atoms with Crippen LogP contribution in [0, 0.1) is 0 Å². The van der Waals surface area contributed by atoms with Crippen molar-refractivity contribution in [1.29, 1.82) is 0 Å². The maximum absolute atomic E-state index is 3.52. The molecule has 19 heavy (non-hydrogen) atoms. The van der Waals surface area contributed by atoms with Crippen LogP contribution in [0.5, 0.6) is 0 Å². The molecular formula is C15H10Br4. The minimum atomic E-state index is 1.07. The molecule has 2 rings (SSSR count). The van der Waals surface area contributed by atoms with Gasteiger partial charge < -0.3 is 0 Å². The van der Waals surface area contributed by atoms with Crippen LogP contribution in [0.4, 0.5) is 0 Å². The molecule has 2 aromatic carbocycles. The van der Waals surface area contributed by atoms with E-state index >= 15 is 0 Å². The highest BCUT2D eigenvalue weighted by atomic mass is 79.9. The minimum absolute atomic E-state index is 1.07. The molecule has 0 aliphatic heterocycles. The van der Waals surface area contributed by atoms with E-state index in [-0.39, 0.29) is 0 Å². The van der Waals surface area contributed by atoms with Crippen LogP contribution in [0.15, 0.2) is 54.3 Å². The Hall–Kier alpha value is 0.1000. The highest BCUT2D eigenvalue weighted by Crippen LogP contribution is 2.27. The van der Waals surface area contributed by atoms with Gasteiger partial charge in [-0.05, 0) is 60.0 Å². The van der Waals surface area contributed by atoms with Crippen molar-refractivity contribution >= 4 is 75.4 Å². The van der Waals surface area contributed by atoms with Gasteiger partial charge in [-0.15, -0.1) is 0 Å². The molecule has 2 aromatic rings. The number of benzene rings is 2. The summed E-state index contributed by atoms with van der Waals surface area (Å²) in [6.07, 6.45) is 2.17. The van der Waals surface area contributed by atoms with E-state index in [1.54, 1.807) is 0 Å². The van der Waals surface area contributed by atoms with E-state index in [0.29, 0.717) is 0 Å². The van der Waals surface area contributed by atoms with Crippen molar-refractivity contribution < 1.29 is 0 Å². The van der Waals surface area contributed by atoms with Crippen molar-refractivity contribution in [2.45, 2.75) is 6.92 Å². The first-order valence-electron chi connectivity index (χ1n) is 5.55. The monoisotopic (exact) mass is 506 g/mol. The largest absolute Gasteiger partial charge is 0.0514 e. The summed E-state index contributed by atoms with van der Waals surface area (Å²) in [7, 11) is 0. The molecule has 0 spiro atoms. The lowest BCUT2D eigenvalue weighted by atomic mass is 10.0. The van der Waals surface area contributed by atoms with Gasteiger partial charge in [0.1, 0.15) is 0 Å². The number of hydrogen-bond acceptors (Lipinski definition) is 0. The second-order valence-electron chi connectivity index (χ2n) is 4.19. The van der Waals surface area contributed by atoms with Gasteiger partial charge in [-0.2, -0.15) is 0 Å². The first kappa shape index (κ1) is 15.5. The number of rotatable bonds is 2. The zero-order valence-electron chi connectivity index (χ0n) is 10.1. The predicted octanol–water partition coefficient (Wildman–Crippen LogP) is 7.30. The van der Waals surface area contributed by atoms with Crippen LogP contribution < -0.4 is 0 Å². The molecule has 0 amide bonds. The van der Waals surface area contributed by atoms with Gasteiger partial charge >= 0.3 is 0 Å². The number of halogens is 4. The quantitative estimate of drug-likeness (QED) is 0.373. The molecule has 0 atom stereocenters. The van der Waals surface area contributed by atoms with E-state index in [0.717, 1.165) is 23.5 Å². The highest BCUT2D eigenvalue weighted by Gasteiger charge is 2.01. The smallest absolute Gasteiger partial charge is 0.0192 e. The van der Waals surface area contributed by atoms with E-state index < -0.39 is 0 Å². The molecule has 0 N–H and O–H groups in total. The van der Waals surface area contributed by atoms with Gasteiger partial charge in [0.15, 0.2) is 0 Å². The molecule has 0 aliphatic carbocycles. The molecule has 0 saturated heterocycles. The van der Waals surface area contributed by atoms with Crippen molar-refractivity contribution in [3.63, 3.8) is 0 Å². The van der Waals surface area contributed by atoms with Crippen molar-refractivity contribution in [2.75, 3.05) is 0 Å². The third kappa shape index (κ3) is 4.55. The van der Waals surface area contributed by atoms with Crippen LogP contribution in [0.1, 0.15) is 18.1 Å². The highest BCUT2D eigenvalue weighted by molar-refractivity contribution is 9.11. The average molecular weight is 510 g/mol. The van der Waals surface area contributed by atoms with Crippen LogP contribution in [-0.4, -0.2) is 0 Å². The fourth-order valence-electron chi connectivity index (χ4n) is 1.77. The van der Waals surface area contributed by atoms with Crippen molar-refractivity contribution in [1.82, 2.24) is 0 Å². The fourth-order valence-corrected chi connectivity index (χ4v) is 4.40. The third-order valence-corrected chi connectivity index (χ3v) is 4.42. The van der Waals surface area contributed by atoms with Crippen molar-refractivity contribution in [3.8, 4) is 0 Å². The summed E-state index contributed by atoms with van der Waals surface area (Å²) in [5.41, 5.74) is 3.57. The molecule has 0 bridgehead atoms. The topological polar surface area (TPSA) is 0 Å². The SMILES string of the molecule is CC(=Cc1cc(Br)cc(Br)c1)c1cc(Br)cc(Br)c1. The van der Waals surface area contributed by atoms with Gasteiger partial charge in [-0.1, -0.05) is 69.8 Å². The lowest BCUT2D eigenvalue weighted by molar-refractivity contribution is 1.51. The van der Waals surface area contributed by atoms with Gasteiger partial charge in [0.25, 0.3) is 0 Å². The lowest BCUT2D eigenvalue weighted by Crippen LogP contribution is -1.82. The molecule has 0 saturated carbocycles. The minimum Gasteiger partial charge on any atom is -0.0514 e. The first-order valence-corrected chi connectivity index (χ1v) is 8.72. The molecule has 0 aromatic heterocycles. The summed E-state index contributed by atoms with van der Waals surface area (Å²) < 4.78 is 4.27. The third-order valence-electron chi connectivity index (χ3n) is 2.59. The van der Waals surface area contributed by atoms with E-state index in [1.165, 1.54) is 11.1 Å². The van der Waals surface area contributed by atoms with E-state index in [2.05, 4.69) is 101 Å². The van der Waals surface area contributed by atoms with E-state index in [4.69, 9.17) is 0 Å². The second kappa shape index (κ2) is 6.70. The molecule has 0 radical (unpaired) electrons.